The lowest BCUT2D eigenvalue weighted by molar-refractivity contribution is 0.582. The van der Waals surface area contributed by atoms with E-state index in [1.54, 1.807) is 30.3 Å². The summed E-state index contributed by atoms with van der Waals surface area (Å²) in [6.07, 6.45) is 0. The highest BCUT2D eigenvalue weighted by Gasteiger charge is 2.28. The zero-order valence-corrected chi connectivity index (χ0v) is 18.8. The van der Waals surface area contributed by atoms with Crippen molar-refractivity contribution in [2.75, 3.05) is 5.32 Å². The predicted molar refractivity (Wildman–Crippen MR) is 121 cm³/mol. The molecule has 0 saturated heterocycles. The highest BCUT2D eigenvalue weighted by molar-refractivity contribution is 9.10. The van der Waals surface area contributed by atoms with Crippen LogP contribution < -0.4 is 5.32 Å². The van der Waals surface area contributed by atoms with E-state index in [9.17, 15) is 8.42 Å². The molecule has 0 saturated carbocycles. The average molecular weight is 483 g/mol. The number of nitrogens with zero attached hydrogens (tertiary/aromatic N) is 1. The van der Waals surface area contributed by atoms with Gasteiger partial charge in [-0.05, 0) is 73.5 Å². The summed E-state index contributed by atoms with van der Waals surface area (Å²) in [6, 6.07) is 21.4. The number of anilines is 2. The molecule has 0 atom stereocenters. The Morgan fingerprint density at radius 1 is 0.900 bits per heavy atom. The van der Waals surface area contributed by atoms with Crippen LogP contribution in [0.25, 0.3) is 11.5 Å². The third-order valence-electron chi connectivity index (χ3n) is 4.47. The number of aromatic nitrogens is 1. The summed E-state index contributed by atoms with van der Waals surface area (Å²) in [4.78, 5) is 4.52. The van der Waals surface area contributed by atoms with E-state index in [1.807, 2.05) is 56.3 Å². The summed E-state index contributed by atoms with van der Waals surface area (Å²) in [6.45, 7) is 3.96. The van der Waals surface area contributed by atoms with E-state index in [1.165, 1.54) is 0 Å². The van der Waals surface area contributed by atoms with Crippen molar-refractivity contribution in [2.24, 2.45) is 0 Å². The van der Waals surface area contributed by atoms with Gasteiger partial charge in [0.1, 0.15) is 0 Å². The van der Waals surface area contributed by atoms with E-state index in [-0.39, 0.29) is 21.7 Å². The van der Waals surface area contributed by atoms with Crippen LogP contribution in [0.2, 0.25) is 0 Å². The molecule has 1 aromatic heterocycles. The van der Waals surface area contributed by atoms with Gasteiger partial charge in [-0.15, -0.1) is 0 Å². The number of oxazole rings is 1. The van der Waals surface area contributed by atoms with Gasteiger partial charge in [0.05, 0.1) is 4.90 Å². The van der Waals surface area contributed by atoms with Crippen molar-refractivity contribution >= 4 is 37.3 Å². The first-order chi connectivity index (χ1) is 14.3. The smallest absolute Gasteiger partial charge is 0.238 e. The Morgan fingerprint density at radius 3 is 2.17 bits per heavy atom. The first kappa shape index (κ1) is 20.4. The summed E-state index contributed by atoms with van der Waals surface area (Å²) >= 11 is 3.40. The van der Waals surface area contributed by atoms with Crippen LogP contribution in [0.4, 0.5) is 11.6 Å². The van der Waals surface area contributed by atoms with Gasteiger partial charge in [0.2, 0.25) is 26.6 Å². The second-order valence-corrected chi connectivity index (χ2v) is 9.76. The molecule has 0 radical (unpaired) electrons. The van der Waals surface area contributed by atoms with Crippen molar-refractivity contribution in [1.82, 2.24) is 4.98 Å². The van der Waals surface area contributed by atoms with Gasteiger partial charge in [-0.2, -0.15) is 4.98 Å². The second-order valence-electron chi connectivity index (χ2n) is 6.98. The second kappa shape index (κ2) is 8.08. The van der Waals surface area contributed by atoms with Gasteiger partial charge < -0.3 is 9.73 Å². The largest absolute Gasteiger partial charge is 0.419 e. The first-order valence-electron chi connectivity index (χ1n) is 9.25. The maximum atomic E-state index is 13.3. The Hall–Kier alpha value is -2.90. The standard InChI is InChI=1S/C23H19BrN2O3S/c1-15-12-16(2)14-19(13-15)25-22-23(30(27,28)20-6-4-3-5-7-20)26-21(29-22)17-8-10-18(24)11-9-17/h3-14,25H,1-2H3. The molecule has 1 heterocycles. The molecule has 3 aromatic carbocycles. The van der Waals surface area contributed by atoms with E-state index < -0.39 is 9.84 Å². The van der Waals surface area contributed by atoms with Crippen molar-refractivity contribution < 1.29 is 12.8 Å². The SMILES string of the molecule is Cc1cc(C)cc(Nc2oc(-c3ccc(Br)cc3)nc2S(=O)(=O)c2ccccc2)c1. The third-order valence-corrected chi connectivity index (χ3v) is 6.68. The number of aryl methyl sites for hydroxylation is 2. The van der Waals surface area contributed by atoms with Crippen LogP contribution in [-0.2, 0) is 9.84 Å². The minimum Gasteiger partial charge on any atom is -0.419 e. The van der Waals surface area contributed by atoms with Crippen LogP contribution in [-0.4, -0.2) is 13.4 Å². The molecule has 0 amide bonds. The van der Waals surface area contributed by atoms with Gasteiger partial charge in [0.25, 0.3) is 0 Å². The molecule has 1 N–H and O–H groups in total. The van der Waals surface area contributed by atoms with Crippen LogP contribution >= 0.6 is 15.9 Å². The number of hydrogen-bond acceptors (Lipinski definition) is 5. The number of sulfone groups is 1. The molecular formula is C23H19BrN2O3S. The molecule has 0 fully saturated rings. The van der Waals surface area contributed by atoms with Gasteiger partial charge in [0, 0.05) is 15.7 Å². The van der Waals surface area contributed by atoms with Gasteiger partial charge in [-0.1, -0.05) is 40.2 Å². The number of hydrogen-bond donors (Lipinski definition) is 1. The molecule has 5 nitrogen and oxygen atoms in total. The zero-order valence-electron chi connectivity index (χ0n) is 16.4. The summed E-state index contributed by atoms with van der Waals surface area (Å²) in [5.74, 6) is 0.311. The van der Waals surface area contributed by atoms with Gasteiger partial charge in [-0.3, -0.25) is 0 Å². The molecule has 0 bridgehead atoms. The number of rotatable bonds is 5. The number of halogens is 1. The molecular weight excluding hydrogens is 464 g/mol. The van der Waals surface area contributed by atoms with Crippen LogP contribution in [0, 0.1) is 13.8 Å². The highest BCUT2D eigenvalue weighted by Crippen LogP contribution is 2.34. The molecule has 0 spiro atoms. The fraction of sp³-hybridized carbons (Fsp3) is 0.0870. The highest BCUT2D eigenvalue weighted by atomic mass is 79.9. The summed E-state index contributed by atoms with van der Waals surface area (Å²) < 4.78 is 33.4. The monoisotopic (exact) mass is 482 g/mol. The van der Waals surface area contributed by atoms with Crippen molar-refractivity contribution in [3.8, 4) is 11.5 Å². The van der Waals surface area contributed by atoms with E-state index in [4.69, 9.17) is 4.42 Å². The van der Waals surface area contributed by atoms with Gasteiger partial charge >= 0.3 is 0 Å². The van der Waals surface area contributed by atoms with Crippen molar-refractivity contribution in [1.29, 1.82) is 0 Å². The fourth-order valence-corrected chi connectivity index (χ4v) is 4.72. The van der Waals surface area contributed by atoms with E-state index in [2.05, 4.69) is 26.2 Å². The molecule has 0 unspecified atom stereocenters. The molecule has 4 rings (SSSR count). The Kier molecular flexibility index (Phi) is 5.49. The van der Waals surface area contributed by atoms with E-state index in [0.29, 0.717) is 5.56 Å². The van der Waals surface area contributed by atoms with Crippen LogP contribution in [0.1, 0.15) is 11.1 Å². The summed E-state index contributed by atoms with van der Waals surface area (Å²) in [5.41, 5.74) is 3.52. The Morgan fingerprint density at radius 2 is 1.53 bits per heavy atom. The minimum atomic E-state index is -3.88. The maximum Gasteiger partial charge on any atom is 0.238 e. The van der Waals surface area contributed by atoms with Crippen molar-refractivity contribution in [3.05, 3.63) is 88.4 Å². The normalized spacial score (nSPS) is 11.4. The Bertz CT molecular complexity index is 1280. The fourth-order valence-electron chi connectivity index (χ4n) is 3.17. The zero-order chi connectivity index (χ0) is 21.3. The summed E-state index contributed by atoms with van der Waals surface area (Å²) in [7, 11) is -3.88. The maximum absolute atomic E-state index is 13.3. The topological polar surface area (TPSA) is 72.2 Å². The predicted octanol–water partition coefficient (Wildman–Crippen LogP) is 6.30. The third kappa shape index (κ3) is 4.17. The molecule has 152 valence electrons. The number of benzene rings is 3. The van der Waals surface area contributed by atoms with Crippen LogP contribution in [0.3, 0.4) is 0 Å². The van der Waals surface area contributed by atoms with Gasteiger partial charge in [-0.25, -0.2) is 8.42 Å². The Balaban J connectivity index is 1.85. The van der Waals surface area contributed by atoms with Crippen molar-refractivity contribution in [3.63, 3.8) is 0 Å². The van der Waals surface area contributed by atoms with Crippen molar-refractivity contribution in [2.45, 2.75) is 23.8 Å². The van der Waals surface area contributed by atoms with Gasteiger partial charge in [0.15, 0.2) is 0 Å². The molecule has 0 aliphatic rings. The van der Waals surface area contributed by atoms with E-state index in [0.717, 1.165) is 21.3 Å². The van der Waals surface area contributed by atoms with E-state index >= 15 is 0 Å². The molecule has 30 heavy (non-hydrogen) atoms. The number of nitrogens with one attached hydrogen (secondary N) is 1. The quantitative estimate of drug-likeness (QED) is 0.361. The van der Waals surface area contributed by atoms with Crippen LogP contribution in [0.15, 0.2) is 91.6 Å². The summed E-state index contributed by atoms with van der Waals surface area (Å²) in [5, 5.41) is 2.97. The lowest BCUT2D eigenvalue weighted by Gasteiger charge is -2.08. The Labute approximate surface area is 183 Å². The average Bonchev–Trinajstić information content (AvgIpc) is 3.13. The minimum absolute atomic E-state index is 0.0850. The molecule has 4 aromatic rings. The molecule has 0 aliphatic carbocycles. The lowest BCUT2D eigenvalue weighted by atomic mass is 10.1. The van der Waals surface area contributed by atoms with Crippen LogP contribution in [0.5, 0.6) is 0 Å². The molecule has 0 aliphatic heterocycles. The molecule has 7 heteroatoms. The first-order valence-corrected chi connectivity index (χ1v) is 11.5. The lowest BCUT2D eigenvalue weighted by Crippen LogP contribution is -2.05.